The van der Waals surface area contributed by atoms with Crippen LogP contribution in [0.4, 0.5) is 13.2 Å². The molecule has 4 aliphatic rings. The monoisotopic (exact) mass is 538 g/mol. The number of carbonyl (C=O) groups is 3. The smallest absolute Gasteiger partial charge is 0.375 e. The lowest BCUT2D eigenvalue weighted by molar-refractivity contribution is -0.217. The van der Waals surface area contributed by atoms with Crippen LogP contribution in [0.2, 0.25) is 0 Å². The third-order valence-electron chi connectivity index (χ3n) is 9.43. The second kappa shape index (κ2) is 8.86. The molecule has 0 radical (unpaired) electrons. The molecule has 5 rings (SSSR count). The summed E-state index contributed by atoms with van der Waals surface area (Å²) in [6.07, 6.45) is 1.48. The Kier molecular flexibility index (Phi) is 6.30. The number of hydrogen-bond acceptors (Lipinski definition) is 7. The molecule has 6 nitrogen and oxygen atoms in total. The number of halogens is 3. The summed E-state index contributed by atoms with van der Waals surface area (Å²) in [4.78, 5) is 38.6. The molecule has 0 saturated heterocycles. The Hall–Kier alpha value is -2.33. The van der Waals surface area contributed by atoms with Crippen molar-refractivity contribution in [2.75, 3.05) is 6.01 Å². The molecule has 1 unspecified atom stereocenters. The molecule has 0 spiro atoms. The minimum Gasteiger partial charge on any atom is -0.457 e. The molecule has 0 bridgehead atoms. The van der Waals surface area contributed by atoms with Crippen molar-refractivity contribution in [3.05, 3.63) is 48.0 Å². The summed E-state index contributed by atoms with van der Waals surface area (Å²) in [5, 5.41) is 10.9. The Morgan fingerprint density at radius 3 is 2.68 bits per heavy atom. The zero-order chi connectivity index (χ0) is 26.9. The molecule has 0 aliphatic heterocycles. The molecule has 4 aliphatic carbocycles. The van der Waals surface area contributed by atoms with Crippen LogP contribution in [0.15, 0.2) is 46.6 Å². The van der Waals surface area contributed by atoms with Crippen molar-refractivity contribution in [2.45, 2.75) is 57.2 Å². The lowest BCUT2D eigenvalue weighted by Gasteiger charge is -2.62. The molecular weight excluding hydrogens is 509 g/mol. The van der Waals surface area contributed by atoms with E-state index in [2.05, 4.69) is 0 Å². The van der Waals surface area contributed by atoms with Crippen molar-refractivity contribution in [2.24, 2.45) is 35.0 Å². The van der Waals surface area contributed by atoms with Gasteiger partial charge in [-0.1, -0.05) is 19.9 Å². The Balaban J connectivity index is 1.63. The lowest BCUT2D eigenvalue weighted by Crippen LogP contribution is -2.70. The number of carbonyl (C=O) groups excluding carboxylic acids is 3. The zero-order valence-electron chi connectivity index (χ0n) is 20.7. The van der Waals surface area contributed by atoms with Gasteiger partial charge in [0.25, 0.3) is 0 Å². The molecule has 0 aromatic carbocycles. The number of furan rings is 1. The van der Waals surface area contributed by atoms with Gasteiger partial charge in [0, 0.05) is 23.2 Å². The van der Waals surface area contributed by atoms with E-state index in [1.54, 1.807) is 13.8 Å². The highest BCUT2D eigenvalue weighted by Crippen LogP contribution is 2.69. The van der Waals surface area contributed by atoms with Gasteiger partial charge in [0.05, 0.1) is 12.4 Å². The van der Waals surface area contributed by atoms with Gasteiger partial charge >= 0.3 is 5.97 Å². The normalized spacial score (nSPS) is 44.5. The van der Waals surface area contributed by atoms with Gasteiger partial charge in [-0.15, -0.1) is 0 Å². The standard InChI is InChI=1S/C27H29F3O6S/c1-13-9-16-17-11-19(29)18-10-15(31)6-7-25(18,3)27(17,30)22(32)14(2)21(16)26(13,24(34)37-12-28)36-23(33)20-5-4-8-35-20/h4-8,10,13-14,16-17,19,21-22,32H,9,11-12H2,1-3H3/t13-,14+,16+,17+,19+,21?,22+,25+,26-,27+/m1/s1. The summed E-state index contributed by atoms with van der Waals surface area (Å²) >= 11 is 0.355. The summed E-state index contributed by atoms with van der Waals surface area (Å²) in [5.41, 5.74) is -5.82. The van der Waals surface area contributed by atoms with Crippen molar-refractivity contribution < 1.29 is 41.8 Å². The number of ether oxygens (including phenoxy) is 1. The van der Waals surface area contributed by atoms with Gasteiger partial charge < -0.3 is 14.3 Å². The fraction of sp³-hybridized carbons (Fsp3) is 0.593. The van der Waals surface area contributed by atoms with Gasteiger partial charge in [-0.3, -0.25) is 9.59 Å². The Labute approximate surface area is 216 Å². The molecule has 1 heterocycles. The third kappa shape index (κ3) is 3.40. The first-order valence-electron chi connectivity index (χ1n) is 12.4. The molecule has 1 N–H and O–H groups in total. The quantitative estimate of drug-likeness (QED) is 0.552. The number of aliphatic hydroxyl groups is 1. The summed E-state index contributed by atoms with van der Waals surface area (Å²) in [6.45, 7) is 4.74. The predicted molar refractivity (Wildman–Crippen MR) is 129 cm³/mol. The highest BCUT2D eigenvalue weighted by atomic mass is 32.2. The van der Waals surface area contributed by atoms with Crippen LogP contribution in [0.5, 0.6) is 0 Å². The molecule has 3 saturated carbocycles. The van der Waals surface area contributed by atoms with Crippen molar-refractivity contribution in [3.63, 3.8) is 0 Å². The number of allylic oxidation sites excluding steroid dienone is 4. The number of esters is 1. The molecule has 10 atom stereocenters. The molecule has 3 fully saturated rings. The van der Waals surface area contributed by atoms with Crippen LogP contribution in [0, 0.1) is 35.0 Å². The van der Waals surface area contributed by atoms with Crippen LogP contribution < -0.4 is 0 Å². The van der Waals surface area contributed by atoms with E-state index in [9.17, 15) is 23.9 Å². The van der Waals surface area contributed by atoms with E-state index < -0.39 is 81.4 Å². The highest BCUT2D eigenvalue weighted by molar-refractivity contribution is 8.13. The van der Waals surface area contributed by atoms with Crippen LogP contribution in [-0.4, -0.2) is 51.5 Å². The first kappa shape index (κ1) is 26.3. The molecule has 1 aromatic rings. The van der Waals surface area contributed by atoms with Gasteiger partial charge in [0.2, 0.25) is 10.9 Å². The largest absolute Gasteiger partial charge is 0.457 e. The maximum atomic E-state index is 17.4. The maximum absolute atomic E-state index is 17.4. The first-order chi connectivity index (χ1) is 17.4. The number of rotatable bonds is 4. The van der Waals surface area contributed by atoms with E-state index in [0.717, 1.165) is 6.08 Å². The van der Waals surface area contributed by atoms with Crippen LogP contribution in [0.25, 0.3) is 0 Å². The van der Waals surface area contributed by atoms with Crippen LogP contribution in [0.3, 0.4) is 0 Å². The minimum absolute atomic E-state index is 0.00549. The molecule has 10 heteroatoms. The Morgan fingerprint density at radius 1 is 1.30 bits per heavy atom. The zero-order valence-corrected chi connectivity index (χ0v) is 21.5. The number of thioether (sulfide) groups is 1. The second-order valence-corrected chi connectivity index (χ2v) is 11.8. The molecule has 200 valence electrons. The molecule has 1 aromatic heterocycles. The van der Waals surface area contributed by atoms with Gasteiger partial charge in [0.15, 0.2) is 17.1 Å². The molecular formula is C27H29F3O6S. The Bertz CT molecular complexity index is 1180. The summed E-state index contributed by atoms with van der Waals surface area (Å²) < 4.78 is 57.5. The fourth-order valence-corrected chi connectivity index (χ4v) is 8.54. The molecule has 0 amide bonds. The van der Waals surface area contributed by atoms with Crippen LogP contribution in [-0.2, 0) is 14.3 Å². The third-order valence-corrected chi connectivity index (χ3v) is 10.1. The number of alkyl halides is 3. The fourth-order valence-electron chi connectivity index (χ4n) is 7.84. The topological polar surface area (TPSA) is 93.8 Å². The van der Waals surface area contributed by atoms with Crippen molar-refractivity contribution in [1.82, 2.24) is 0 Å². The summed E-state index contributed by atoms with van der Waals surface area (Å²) in [6, 6.07) is 1.78. The number of ketones is 1. The predicted octanol–water partition coefficient (Wildman–Crippen LogP) is 4.78. The van der Waals surface area contributed by atoms with Gasteiger partial charge in [-0.05, 0) is 73.2 Å². The van der Waals surface area contributed by atoms with Crippen molar-refractivity contribution >= 4 is 28.6 Å². The van der Waals surface area contributed by atoms with Gasteiger partial charge in [-0.2, -0.15) is 0 Å². The minimum atomic E-state index is -2.35. The summed E-state index contributed by atoms with van der Waals surface area (Å²) in [7, 11) is 0. The SMILES string of the molecule is C[C@@H]1C[C@@H]2C([C@H](C)[C@H](O)[C@@]3(F)[C@H]2C[C@H](F)C2=CC(=O)C=C[C@@]23C)[C@@]1(OC(=O)c1ccco1)C(=O)SCF. The van der Waals surface area contributed by atoms with Gasteiger partial charge in [0.1, 0.15) is 12.2 Å². The van der Waals surface area contributed by atoms with Crippen molar-refractivity contribution in [1.29, 1.82) is 0 Å². The first-order valence-corrected chi connectivity index (χ1v) is 13.4. The lowest BCUT2D eigenvalue weighted by atomic mass is 9.45. The van der Waals surface area contributed by atoms with Crippen LogP contribution >= 0.6 is 11.8 Å². The second-order valence-electron chi connectivity index (χ2n) is 10.9. The van der Waals surface area contributed by atoms with Crippen molar-refractivity contribution in [3.8, 4) is 0 Å². The van der Waals surface area contributed by atoms with E-state index in [-0.39, 0.29) is 24.2 Å². The highest BCUT2D eigenvalue weighted by Gasteiger charge is 2.76. The van der Waals surface area contributed by atoms with E-state index in [0.29, 0.717) is 11.8 Å². The number of aliphatic hydroxyl groups excluding tert-OH is 1. The summed E-state index contributed by atoms with van der Waals surface area (Å²) in [5.74, 6) is -5.72. The van der Waals surface area contributed by atoms with E-state index in [1.807, 2.05) is 0 Å². The maximum Gasteiger partial charge on any atom is 0.375 e. The Morgan fingerprint density at radius 2 is 2.03 bits per heavy atom. The molecule has 37 heavy (non-hydrogen) atoms. The average Bonchev–Trinajstić information content (AvgIpc) is 3.49. The number of fused-ring (bicyclic) bond motifs is 5. The van der Waals surface area contributed by atoms with E-state index >= 15 is 8.78 Å². The van der Waals surface area contributed by atoms with E-state index in [1.165, 1.54) is 37.5 Å². The average molecular weight is 539 g/mol. The van der Waals surface area contributed by atoms with Gasteiger partial charge in [-0.25, -0.2) is 18.0 Å². The van der Waals surface area contributed by atoms with E-state index in [4.69, 9.17) is 9.15 Å². The number of hydrogen-bond donors (Lipinski definition) is 1. The van der Waals surface area contributed by atoms with Crippen LogP contribution in [0.1, 0.15) is 44.2 Å².